The molecule has 0 bridgehead atoms. The van der Waals surface area contributed by atoms with Gasteiger partial charge in [-0.1, -0.05) is 35.9 Å². The second kappa shape index (κ2) is 7.89. The molecule has 0 aromatic heterocycles. The van der Waals surface area contributed by atoms with Crippen LogP contribution in [0, 0.1) is 13.8 Å². The molecule has 0 saturated carbocycles. The van der Waals surface area contributed by atoms with Gasteiger partial charge in [-0.05, 0) is 42.7 Å². The smallest absolute Gasteiger partial charge is 0.239 e. The van der Waals surface area contributed by atoms with E-state index in [1.807, 2.05) is 18.2 Å². The molecule has 0 saturated heterocycles. The Morgan fingerprint density at radius 3 is 2.44 bits per heavy atom. The van der Waals surface area contributed by atoms with E-state index in [-0.39, 0.29) is 12.5 Å². The summed E-state index contributed by atoms with van der Waals surface area (Å²) in [5, 5.41) is 6.38. The van der Waals surface area contributed by atoms with E-state index in [4.69, 9.17) is 11.6 Å². The molecule has 0 fully saturated rings. The fourth-order valence-corrected chi connectivity index (χ4v) is 4.18. The molecule has 0 atom stereocenters. The van der Waals surface area contributed by atoms with E-state index in [0.29, 0.717) is 33.3 Å². The van der Waals surface area contributed by atoms with Crippen molar-refractivity contribution in [3.63, 3.8) is 0 Å². The van der Waals surface area contributed by atoms with Gasteiger partial charge in [0, 0.05) is 23.5 Å². The number of carbonyl (C=O) groups is 1. The summed E-state index contributed by atoms with van der Waals surface area (Å²) in [5.41, 5.74) is 2.76. The first kappa shape index (κ1) is 19.3. The van der Waals surface area contributed by atoms with Crippen LogP contribution in [0.5, 0.6) is 0 Å². The number of rotatable bonds is 6. The molecule has 25 heavy (non-hydrogen) atoms. The Morgan fingerprint density at radius 1 is 1.12 bits per heavy atom. The van der Waals surface area contributed by atoms with Crippen molar-refractivity contribution in [2.75, 3.05) is 18.1 Å². The molecule has 0 unspecified atom stereocenters. The van der Waals surface area contributed by atoms with E-state index in [2.05, 4.69) is 10.6 Å². The minimum atomic E-state index is -3.33. The van der Waals surface area contributed by atoms with Gasteiger partial charge in [-0.25, -0.2) is 8.42 Å². The van der Waals surface area contributed by atoms with Crippen LogP contribution >= 0.6 is 11.6 Å². The number of anilines is 1. The monoisotopic (exact) mass is 380 g/mol. The van der Waals surface area contributed by atoms with Gasteiger partial charge in [0.05, 0.1) is 11.4 Å². The summed E-state index contributed by atoms with van der Waals surface area (Å²) in [6.07, 6.45) is 1.18. The van der Waals surface area contributed by atoms with Crippen molar-refractivity contribution in [2.24, 2.45) is 0 Å². The molecule has 0 aliphatic heterocycles. The number of hydrogen-bond acceptors (Lipinski definition) is 4. The summed E-state index contributed by atoms with van der Waals surface area (Å²) in [5.74, 6) is -0.208. The molecule has 0 spiro atoms. The van der Waals surface area contributed by atoms with Crippen LogP contribution in [0.4, 0.5) is 5.69 Å². The van der Waals surface area contributed by atoms with Crippen LogP contribution in [-0.2, 0) is 21.2 Å². The fraction of sp³-hybridized carbons (Fsp3) is 0.278. The zero-order valence-electron chi connectivity index (χ0n) is 14.4. The van der Waals surface area contributed by atoms with E-state index < -0.39 is 9.84 Å². The summed E-state index contributed by atoms with van der Waals surface area (Å²) in [7, 11) is -3.33. The minimum Gasteiger partial charge on any atom is -0.376 e. The van der Waals surface area contributed by atoms with Crippen LogP contribution in [0.2, 0.25) is 5.02 Å². The van der Waals surface area contributed by atoms with Gasteiger partial charge in [-0.3, -0.25) is 4.79 Å². The second-order valence-corrected chi connectivity index (χ2v) is 8.24. The van der Waals surface area contributed by atoms with Crippen molar-refractivity contribution in [1.82, 2.24) is 5.32 Å². The lowest BCUT2D eigenvalue weighted by Gasteiger charge is -2.15. The van der Waals surface area contributed by atoms with Crippen molar-refractivity contribution in [2.45, 2.75) is 25.3 Å². The van der Waals surface area contributed by atoms with Crippen molar-refractivity contribution >= 4 is 33.0 Å². The number of halogens is 1. The summed E-state index contributed by atoms with van der Waals surface area (Å²) in [6.45, 7) is 3.86. The molecule has 1 amide bonds. The molecule has 7 heteroatoms. The van der Waals surface area contributed by atoms with Crippen LogP contribution < -0.4 is 10.6 Å². The fourth-order valence-electron chi connectivity index (χ4n) is 2.66. The Labute approximate surface area is 153 Å². The van der Waals surface area contributed by atoms with Crippen LogP contribution in [0.3, 0.4) is 0 Å². The normalized spacial score (nSPS) is 11.2. The van der Waals surface area contributed by atoms with Gasteiger partial charge >= 0.3 is 0 Å². The number of amides is 1. The van der Waals surface area contributed by atoms with Gasteiger partial charge in [-0.2, -0.15) is 0 Å². The van der Waals surface area contributed by atoms with Crippen molar-refractivity contribution in [1.29, 1.82) is 0 Å². The molecule has 0 aliphatic rings. The summed E-state index contributed by atoms with van der Waals surface area (Å²) in [6, 6.07) is 10.8. The first-order chi connectivity index (χ1) is 11.7. The maximum absolute atomic E-state index is 12.0. The lowest BCUT2D eigenvalue weighted by molar-refractivity contribution is -0.119. The molecular weight excluding hydrogens is 360 g/mol. The van der Waals surface area contributed by atoms with Crippen molar-refractivity contribution < 1.29 is 13.2 Å². The summed E-state index contributed by atoms with van der Waals surface area (Å²) in [4.78, 5) is 12.3. The average Bonchev–Trinajstić information content (AvgIpc) is 2.52. The summed E-state index contributed by atoms with van der Waals surface area (Å²) < 4.78 is 23.9. The van der Waals surface area contributed by atoms with Crippen molar-refractivity contribution in [3.8, 4) is 0 Å². The largest absolute Gasteiger partial charge is 0.376 e. The second-order valence-electron chi connectivity index (χ2n) is 5.88. The SMILES string of the molecule is Cc1ccc(NCC(=O)NCc2ccccc2Cl)c(C)c1S(C)(=O)=O. The van der Waals surface area contributed by atoms with E-state index in [0.717, 1.165) is 5.56 Å². The summed E-state index contributed by atoms with van der Waals surface area (Å²) >= 11 is 6.05. The first-order valence-corrected chi connectivity index (χ1v) is 10.0. The number of sulfone groups is 1. The molecule has 2 aromatic rings. The molecule has 2 N–H and O–H groups in total. The lowest BCUT2D eigenvalue weighted by atomic mass is 10.1. The van der Waals surface area contributed by atoms with E-state index in [1.54, 1.807) is 32.0 Å². The third-order valence-electron chi connectivity index (χ3n) is 3.85. The highest BCUT2D eigenvalue weighted by Gasteiger charge is 2.17. The average molecular weight is 381 g/mol. The lowest BCUT2D eigenvalue weighted by Crippen LogP contribution is -2.29. The van der Waals surface area contributed by atoms with E-state index in [9.17, 15) is 13.2 Å². The third-order valence-corrected chi connectivity index (χ3v) is 5.59. The number of benzene rings is 2. The van der Waals surface area contributed by atoms with Gasteiger partial charge < -0.3 is 10.6 Å². The molecule has 2 rings (SSSR count). The predicted octanol–water partition coefficient (Wildman–Crippen LogP) is 3.09. The quantitative estimate of drug-likeness (QED) is 0.807. The molecular formula is C18H21ClN2O3S. The van der Waals surface area contributed by atoms with Gasteiger partial charge in [0.15, 0.2) is 9.84 Å². The third kappa shape index (κ3) is 4.96. The van der Waals surface area contributed by atoms with Gasteiger partial charge in [0.2, 0.25) is 5.91 Å². The number of carbonyl (C=O) groups excluding carboxylic acids is 1. The topological polar surface area (TPSA) is 75.3 Å². The molecule has 0 radical (unpaired) electrons. The van der Waals surface area contributed by atoms with Gasteiger partial charge in [0.25, 0.3) is 0 Å². The first-order valence-electron chi connectivity index (χ1n) is 7.74. The van der Waals surface area contributed by atoms with E-state index in [1.165, 1.54) is 6.26 Å². The maximum Gasteiger partial charge on any atom is 0.239 e. The number of nitrogens with one attached hydrogen (secondary N) is 2. The zero-order chi connectivity index (χ0) is 18.6. The van der Waals surface area contributed by atoms with Crippen LogP contribution in [0.25, 0.3) is 0 Å². The van der Waals surface area contributed by atoms with Crippen LogP contribution in [-0.4, -0.2) is 27.1 Å². The van der Waals surface area contributed by atoms with E-state index >= 15 is 0 Å². The zero-order valence-corrected chi connectivity index (χ0v) is 16.0. The standard InChI is InChI=1S/C18H21ClN2O3S/c1-12-8-9-16(13(2)18(12)25(3,23)24)20-11-17(22)21-10-14-6-4-5-7-15(14)19/h4-9,20H,10-11H2,1-3H3,(H,21,22). The Morgan fingerprint density at radius 2 is 1.80 bits per heavy atom. The number of aryl methyl sites for hydroxylation is 1. The Hall–Kier alpha value is -2.05. The maximum atomic E-state index is 12.0. The van der Waals surface area contributed by atoms with Crippen LogP contribution in [0.15, 0.2) is 41.3 Å². The van der Waals surface area contributed by atoms with Gasteiger partial charge in [-0.15, -0.1) is 0 Å². The molecule has 5 nitrogen and oxygen atoms in total. The molecule has 0 heterocycles. The molecule has 134 valence electrons. The van der Waals surface area contributed by atoms with Crippen LogP contribution in [0.1, 0.15) is 16.7 Å². The molecule has 2 aromatic carbocycles. The van der Waals surface area contributed by atoms with Crippen molar-refractivity contribution in [3.05, 3.63) is 58.1 Å². The predicted molar refractivity (Wildman–Crippen MR) is 101 cm³/mol. The Balaban J connectivity index is 2.02. The Bertz CT molecular complexity index is 895. The highest BCUT2D eigenvalue weighted by Crippen LogP contribution is 2.26. The minimum absolute atomic E-state index is 0.0392. The molecule has 0 aliphatic carbocycles. The highest BCUT2D eigenvalue weighted by molar-refractivity contribution is 7.90. The highest BCUT2D eigenvalue weighted by atomic mass is 35.5. The van der Waals surface area contributed by atoms with Gasteiger partial charge in [0.1, 0.15) is 0 Å². The Kier molecular flexibility index (Phi) is 6.08. The number of hydrogen-bond donors (Lipinski definition) is 2.